The zero-order chi connectivity index (χ0) is 6.01. The van der Waals surface area contributed by atoms with E-state index < -0.39 is 0 Å². The van der Waals surface area contributed by atoms with Gasteiger partial charge in [-0.15, -0.1) is 0 Å². The number of allylic oxidation sites excluding steroid dienone is 2. The first-order chi connectivity index (χ1) is 4.36. The third-order valence-electron chi connectivity index (χ3n) is 2.26. The molecular formula is C7H8O. The van der Waals surface area contributed by atoms with Crippen LogP contribution in [0.5, 0.6) is 0 Å². The molecule has 1 heterocycles. The van der Waals surface area contributed by atoms with E-state index in [0.29, 0.717) is 5.92 Å². The summed E-state index contributed by atoms with van der Waals surface area (Å²) in [5, 5.41) is 0. The zero-order valence-electron chi connectivity index (χ0n) is 5.55. The fourth-order valence-corrected chi connectivity index (χ4v) is 1.52. The lowest BCUT2D eigenvalue weighted by atomic mass is 10.1. The molecule has 1 fully saturated rings. The van der Waals surface area contributed by atoms with Gasteiger partial charge in [-0.25, -0.2) is 0 Å². The highest BCUT2D eigenvalue weighted by Crippen LogP contribution is 2.57. The SMILES string of the molecule is [2H][C@H]1C2=C(C[C@H]3C[C@H]31)O2. The Bertz CT molecular complexity index is 209. The summed E-state index contributed by atoms with van der Waals surface area (Å²) in [6, 6.07) is 0. The van der Waals surface area contributed by atoms with Gasteiger partial charge in [0.1, 0.15) is 11.5 Å². The van der Waals surface area contributed by atoms with Crippen LogP contribution >= 0.6 is 0 Å². The van der Waals surface area contributed by atoms with Crippen LogP contribution in [0.3, 0.4) is 0 Å². The Morgan fingerprint density at radius 2 is 2.50 bits per heavy atom. The molecule has 2 aliphatic carbocycles. The van der Waals surface area contributed by atoms with E-state index >= 15 is 0 Å². The molecular weight excluding hydrogens is 100 g/mol. The van der Waals surface area contributed by atoms with Crippen LogP contribution < -0.4 is 0 Å². The molecule has 0 radical (unpaired) electrons. The molecule has 0 amide bonds. The third-order valence-corrected chi connectivity index (χ3v) is 2.26. The number of fused-ring (bicyclic) bond motifs is 1. The van der Waals surface area contributed by atoms with E-state index in [1.807, 2.05) is 0 Å². The van der Waals surface area contributed by atoms with Crippen molar-refractivity contribution in [3.8, 4) is 0 Å². The van der Waals surface area contributed by atoms with Crippen molar-refractivity contribution in [1.82, 2.24) is 0 Å². The predicted molar refractivity (Wildman–Crippen MR) is 28.9 cm³/mol. The van der Waals surface area contributed by atoms with Gasteiger partial charge < -0.3 is 4.74 Å². The summed E-state index contributed by atoms with van der Waals surface area (Å²) in [6.07, 6.45) is 2.46. The summed E-state index contributed by atoms with van der Waals surface area (Å²) in [5.41, 5.74) is 0. The van der Waals surface area contributed by atoms with Crippen LogP contribution in [0.4, 0.5) is 0 Å². The van der Waals surface area contributed by atoms with Crippen LogP contribution in [-0.4, -0.2) is 0 Å². The van der Waals surface area contributed by atoms with Gasteiger partial charge in [0, 0.05) is 14.2 Å². The van der Waals surface area contributed by atoms with E-state index in [9.17, 15) is 0 Å². The molecule has 1 saturated carbocycles. The molecule has 3 atom stereocenters. The molecule has 0 saturated heterocycles. The van der Waals surface area contributed by atoms with Crippen LogP contribution in [0.1, 0.15) is 20.6 Å². The van der Waals surface area contributed by atoms with Gasteiger partial charge in [0.05, 0.1) is 0 Å². The van der Waals surface area contributed by atoms with Gasteiger partial charge in [-0.05, 0) is 18.3 Å². The molecule has 0 aromatic rings. The van der Waals surface area contributed by atoms with Gasteiger partial charge in [-0.2, -0.15) is 0 Å². The van der Waals surface area contributed by atoms with Crippen molar-refractivity contribution in [2.75, 3.05) is 0 Å². The first kappa shape index (κ1) is 2.90. The fraction of sp³-hybridized carbons (Fsp3) is 0.714. The lowest BCUT2D eigenvalue weighted by Crippen LogP contribution is -1.83. The highest BCUT2D eigenvalue weighted by Gasteiger charge is 2.48. The second-order valence-corrected chi connectivity index (χ2v) is 2.92. The van der Waals surface area contributed by atoms with Crippen LogP contribution in [-0.2, 0) is 4.74 Å². The first-order valence-electron chi connectivity index (χ1n) is 3.77. The average molecular weight is 109 g/mol. The van der Waals surface area contributed by atoms with Gasteiger partial charge in [-0.1, -0.05) is 0 Å². The average Bonchev–Trinajstić information content (AvgIpc) is 2.57. The third kappa shape index (κ3) is 0.299. The summed E-state index contributed by atoms with van der Waals surface area (Å²) >= 11 is 0. The lowest BCUT2D eigenvalue weighted by Gasteiger charge is -1.89. The van der Waals surface area contributed by atoms with Gasteiger partial charge in [0.15, 0.2) is 0 Å². The number of rotatable bonds is 0. The Morgan fingerprint density at radius 1 is 1.50 bits per heavy atom. The summed E-state index contributed by atoms with van der Waals surface area (Å²) in [4.78, 5) is 0. The number of ether oxygens (including phenoxy) is 1. The van der Waals surface area contributed by atoms with E-state index in [-0.39, 0.29) is 6.40 Å². The Balaban J connectivity index is 1.99. The van der Waals surface area contributed by atoms with Gasteiger partial charge in [0.2, 0.25) is 0 Å². The number of hydrogen-bond donors (Lipinski definition) is 0. The van der Waals surface area contributed by atoms with Crippen molar-refractivity contribution in [2.24, 2.45) is 11.8 Å². The molecule has 3 rings (SSSR count). The van der Waals surface area contributed by atoms with Crippen molar-refractivity contribution in [3.05, 3.63) is 11.5 Å². The minimum Gasteiger partial charge on any atom is -0.459 e. The van der Waals surface area contributed by atoms with Crippen LogP contribution in [0.2, 0.25) is 0 Å². The molecule has 8 heavy (non-hydrogen) atoms. The number of hydrogen-bond acceptors (Lipinski definition) is 1. The van der Waals surface area contributed by atoms with E-state index in [0.717, 1.165) is 23.9 Å². The Morgan fingerprint density at radius 3 is 3.50 bits per heavy atom. The van der Waals surface area contributed by atoms with Gasteiger partial charge in [-0.3, -0.25) is 0 Å². The topological polar surface area (TPSA) is 12.5 Å². The van der Waals surface area contributed by atoms with E-state index in [1.54, 1.807) is 0 Å². The van der Waals surface area contributed by atoms with E-state index in [2.05, 4.69) is 0 Å². The van der Waals surface area contributed by atoms with Crippen molar-refractivity contribution in [1.29, 1.82) is 0 Å². The lowest BCUT2D eigenvalue weighted by molar-refractivity contribution is 0.447. The highest BCUT2D eigenvalue weighted by molar-refractivity contribution is 5.25. The van der Waals surface area contributed by atoms with Crippen molar-refractivity contribution in [2.45, 2.75) is 19.2 Å². The first-order valence-corrected chi connectivity index (χ1v) is 3.19. The molecule has 0 N–H and O–H groups in total. The predicted octanol–water partition coefficient (Wildman–Crippen LogP) is 1.66. The quantitative estimate of drug-likeness (QED) is 0.461. The van der Waals surface area contributed by atoms with E-state index in [4.69, 9.17) is 6.11 Å². The second kappa shape index (κ2) is 0.831. The summed E-state index contributed by atoms with van der Waals surface area (Å²) in [7, 11) is 0. The molecule has 1 aliphatic heterocycles. The Labute approximate surface area is 49.7 Å². The van der Waals surface area contributed by atoms with Crippen molar-refractivity contribution < 1.29 is 6.11 Å². The molecule has 1 nitrogen and oxygen atoms in total. The van der Waals surface area contributed by atoms with Crippen LogP contribution in [0.25, 0.3) is 0 Å². The molecule has 0 bridgehead atoms. The summed E-state index contributed by atoms with van der Waals surface area (Å²) in [6.45, 7) is 0. The van der Waals surface area contributed by atoms with Crippen molar-refractivity contribution >= 4 is 0 Å². The van der Waals surface area contributed by atoms with Crippen LogP contribution in [0.15, 0.2) is 11.5 Å². The molecule has 42 valence electrons. The second-order valence-electron chi connectivity index (χ2n) is 2.92. The van der Waals surface area contributed by atoms with Gasteiger partial charge >= 0.3 is 0 Å². The Kier molecular flexibility index (Phi) is 0.302. The minimum absolute atomic E-state index is 0.0266. The molecule has 0 aromatic heterocycles. The normalized spacial score (nSPS) is 58.0. The minimum atomic E-state index is 0.0266. The Hall–Kier alpha value is -0.460. The summed E-state index contributed by atoms with van der Waals surface area (Å²) < 4.78 is 12.7. The maximum Gasteiger partial charge on any atom is 0.142 e. The smallest absolute Gasteiger partial charge is 0.142 e. The molecule has 0 unspecified atom stereocenters. The maximum absolute atomic E-state index is 7.58. The van der Waals surface area contributed by atoms with Crippen LogP contribution in [0, 0.1) is 11.8 Å². The monoisotopic (exact) mass is 109 g/mol. The molecule has 0 spiro atoms. The maximum atomic E-state index is 7.58. The molecule has 0 aromatic carbocycles. The zero-order valence-corrected chi connectivity index (χ0v) is 4.55. The highest BCUT2D eigenvalue weighted by atomic mass is 16.6. The van der Waals surface area contributed by atoms with Crippen molar-refractivity contribution in [3.63, 3.8) is 0 Å². The standard InChI is InChI=1S/C7H8O/c1-4-2-6-7(8-6)3-5(1)4/h4-5H,1-3H2/t4-,5+/i2D/t2-,4+,5-/m1/s1. The largest absolute Gasteiger partial charge is 0.459 e. The fourth-order valence-electron chi connectivity index (χ4n) is 1.52. The molecule has 1 heteroatoms. The molecule has 3 aliphatic rings. The summed E-state index contributed by atoms with van der Waals surface area (Å²) in [5.74, 6) is 3.66. The van der Waals surface area contributed by atoms with Gasteiger partial charge in [0.25, 0.3) is 0 Å². The van der Waals surface area contributed by atoms with E-state index in [1.165, 1.54) is 6.42 Å².